The van der Waals surface area contributed by atoms with Crippen molar-refractivity contribution in [2.45, 2.75) is 38.1 Å². The number of hydrogen-bond acceptors (Lipinski definition) is 6. The summed E-state index contributed by atoms with van der Waals surface area (Å²) in [6, 6.07) is 16.3. The quantitative estimate of drug-likeness (QED) is 0.484. The third kappa shape index (κ3) is 3.76. The van der Waals surface area contributed by atoms with Gasteiger partial charge in [0.25, 0.3) is 0 Å². The maximum absolute atomic E-state index is 6.32. The van der Waals surface area contributed by atoms with Crippen molar-refractivity contribution < 1.29 is 4.74 Å². The van der Waals surface area contributed by atoms with E-state index in [9.17, 15) is 0 Å². The number of nitrogens with one attached hydrogen (secondary N) is 1. The largest absolute Gasteiger partial charge is 0.448 e. The molecule has 0 amide bonds. The molecule has 0 fully saturated rings. The molecule has 4 rings (SSSR count). The maximum atomic E-state index is 6.32. The molecule has 1 N–H and O–H groups in total. The van der Waals surface area contributed by atoms with Gasteiger partial charge in [-0.2, -0.15) is 4.98 Å². The molecule has 3 aromatic rings. The first-order valence-electron chi connectivity index (χ1n) is 9.22. The summed E-state index contributed by atoms with van der Waals surface area (Å²) in [5.41, 5.74) is 4.84. The molecule has 138 valence electrons. The van der Waals surface area contributed by atoms with E-state index in [0.29, 0.717) is 16.7 Å². The lowest BCUT2D eigenvalue weighted by atomic mass is 10.1. The van der Waals surface area contributed by atoms with Gasteiger partial charge in [-0.15, -0.1) is 10.2 Å². The van der Waals surface area contributed by atoms with Crippen LogP contribution in [0, 0.1) is 6.92 Å². The van der Waals surface area contributed by atoms with Crippen LogP contribution in [0.25, 0.3) is 11.3 Å². The number of anilines is 1. The Kier molecular flexibility index (Phi) is 5.25. The van der Waals surface area contributed by atoms with Crippen LogP contribution in [-0.2, 0) is 0 Å². The number of unbranched alkanes of at least 4 members (excludes halogenated alkanes) is 1. The standard InChI is InChI=1S/C21H22N4OS/c1-3-4-13-27-21-23-20-18(24-25-21)16-11-7-8-12-17(16)22-19(26-20)15-10-6-5-9-14(15)2/h5-12,19,22H,3-4,13H2,1-2H3/t19-/m0/s1. The second kappa shape index (κ2) is 7.96. The van der Waals surface area contributed by atoms with Gasteiger partial charge in [-0.3, -0.25) is 0 Å². The van der Waals surface area contributed by atoms with Gasteiger partial charge in [0, 0.05) is 22.6 Å². The highest BCUT2D eigenvalue weighted by molar-refractivity contribution is 7.99. The smallest absolute Gasteiger partial charge is 0.247 e. The van der Waals surface area contributed by atoms with E-state index in [1.54, 1.807) is 11.8 Å². The SMILES string of the molecule is CCCCSc1nnc2c(n1)O[C@@H](c1ccccc1C)Nc1ccccc1-2. The van der Waals surface area contributed by atoms with Gasteiger partial charge in [0.15, 0.2) is 11.9 Å². The molecule has 6 heteroatoms. The number of benzene rings is 2. The number of ether oxygens (including phenoxy) is 1. The van der Waals surface area contributed by atoms with Gasteiger partial charge in [-0.05, 0) is 25.0 Å². The predicted molar refractivity (Wildman–Crippen MR) is 109 cm³/mol. The molecule has 0 spiro atoms. The number of rotatable bonds is 5. The van der Waals surface area contributed by atoms with Crippen LogP contribution in [0.2, 0.25) is 0 Å². The summed E-state index contributed by atoms with van der Waals surface area (Å²) in [4.78, 5) is 4.68. The third-order valence-electron chi connectivity index (χ3n) is 4.53. The number of nitrogens with zero attached hydrogens (tertiary/aromatic N) is 3. The van der Waals surface area contributed by atoms with Crippen LogP contribution < -0.4 is 10.1 Å². The van der Waals surface area contributed by atoms with Crippen LogP contribution in [0.4, 0.5) is 5.69 Å². The number of aryl methyl sites for hydroxylation is 1. The van der Waals surface area contributed by atoms with Crippen LogP contribution in [0.15, 0.2) is 53.7 Å². The minimum atomic E-state index is -0.334. The first-order chi connectivity index (χ1) is 13.3. The lowest BCUT2D eigenvalue weighted by Gasteiger charge is -2.20. The molecule has 1 aliphatic rings. The van der Waals surface area contributed by atoms with Crippen molar-refractivity contribution in [2.24, 2.45) is 0 Å². The van der Waals surface area contributed by atoms with Gasteiger partial charge in [0.1, 0.15) is 0 Å². The van der Waals surface area contributed by atoms with Gasteiger partial charge < -0.3 is 10.1 Å². The zero-order valence-corrected chi connectivity index (χ0v) is 16.3. The number of aromatic nitrogens is 3. The molecule has 1 aliphatic heterocycles. The van der Waals surface area contributed by atoms with Crippen molar-refractivity contribution in [2.75, 3.05) is 11.1 Å². The molecule has 0 saturated carbocycles. The lowest BCUT2D eigenvalue weighted by Crippen LogP contribution is -2.18. The Balaban J connectivity index is 1.76. The van der Waals surface area contributed by atoms with Crippen molar-refractivity contribution in [1.29, 1.82) is 0 Å². The van der Waals surface area contributed by atoms with E-state index in [1.807, 2.05) is 36.4 Å². The molecule has 2 aromatic carbocycles. The Morgan fingerprint density at radius 1 is 1.07 bits per heavy atom. The van der Waals surface area contributed by atoms with Crippen LogP contribution in [0.3, 0.4) is 0 Å². The van der Waals surface area contributed by atoms with Crippen molar-refractivity contribution in [3.05, 3.63) is 59.7 Å². The molecule has 0 bridgehead atoms. The Morgan fingerprint density at radius 2 is 1.89 bits per heavy atom. The number of fused-ring (bicyclic) bond motifs is 3. The average Bonchev–Trinajstić information content (AvgIpc) is 2.85. The normalized spacial score (nSPS) is 15.1. The maximum Gasteiger partial charge on any atom is 0.247 e. The van der Waals surface area contributed by atoms with E-state index >= 15 is 0 Å². The zero-order valence-electron chi connectivity index (χ0n) is 15.5. The molecule has 0 unspecified atom stereocenters. The van der Waals surface area contributed by atoms with Crippen molar-refractivity contribution in [3.63, 3.8) is 0 Å². The van der Waals surface area contributed by atoms with E-state index in [0.717, 1.165) is 41.0 Å². The Bertz CT molecular complexity index is 947. The van der Waals surface area contributed by atoms with E-state index in [2.05, 4.69) is 46.5 Å². The average molecular weight is 379 g/mol. The molecule has 2 heterocycles. The summed E-state index contributed by atoms with van der Waals surface area (Å²) in [5, 5.41) is 12.9. The fraction of sp³-hybridized carbons (Fsp3) is 0.286. The molecule has 27 heavy (non-hydrogen) atoms. The van der Waals surface area contributed by atoms with Gasteiger partial charge >= 0.3 is 0 Å². The second-order valence-electron chi connectivity index (χ2n) is 6.49. The minimum Gasteiger partial charge on any atom is -0.448 e. The van der Waals surface area contributed by atoms with Gasteiger partial charge in [0.05, 0.1) is 0 Å². The van der Waals surface area contributed by atoms with E-state index in [-0.39, 0.29) is 6.23 Å². The monoisotopic (exact) mass is 378 g/mol. The van der Waals surface area contributed by atoms with E-state index in [4.69, 9.17) is 4.74 Å². The van der Waals surface area contributed by atoms with Crippen LogP contribution >= 0.6 is 11.8 Å². The molecule has 5 nitrogen and oxygen atoms in total. The van der Waals surface area contributed by atoms with Gasteiger partial charge in [-0.25, -0.2) is 0 Å². The summed E-state index contributed by atoms with van der Waals surface area (Å²) in [7, 11) is 0. The van der Waals surface area contributed by atoms with E-state index in [1.165, 1.54) is 0 Å². The molecule has 0 aliphatic carbocycles. The minimum absolute atomic E-state index is 0.334. The Hall–Kier alpha value is -2.60. The zero-order chi connectivity index (χ0) is 18.6. The number of thioether (sulfide) groups is 1. The Morgan fingerprint density at radius 3 is 2.74 bits per heavy atom. The third-order valence-corrected chi connectivity index (χ3v) is 5.46. The molecule has 1 atom stereocenters. The van der Waals surface area contributed by atoms with Crippen LogP contribution in [0.5, 0.6) is 5.88 Å². The second-order valence-corrected chi connectivity index (χ2v) is 7.56. The fourth-order valence-corrected chi connectivity index (χ4v) is 3.90. The summed E-state index contributed by atoms with van der Waals surface area (Å²) >= 11 is 1.62. The first-order valence-corrected chi connectivity index (χ1v) is 10.2. The molecule has 1 aromatic heterocycles. The van der Waals surface area contributed by atoms with Crippen LogP contribution in [-0.4, -0.2) is 20.9 Å². The predicted octanol–water partition coefficient (Wildman–Crippen LogP) is 5.24. The molecular formula is C21H22N4OS. The highest BCUT2D eigenvalue weighted by Crippen LogP contribution is 2.39. The summed E-state index contributed by atoms with van der Waals surface area (Å²) in [6.45, 7) is 4.26. The lowest BCUT2D eigenvalue weighted by molar-refractivity contribution is 0.224. The van der Waals surface area contributed by atoms with Crippen molar-refractivity contribution in [3.8, 4) is 17.1 Å². The van der Waals surface area contributed by atoms with Gasteiger partial charge in [-0.1, -0.05) is 67.6 Å². The van der Waals surface area contributed by atoms with E-state index < -0.39 is 0 Å². The first kappa shape index (κ1) is 17.8. The van der Waals surface area contributed by atoms with Crippen molar-refractivity contribution in [1.82, 2.24) is 15.2 Å². The van der Waals surface area contributed by atoms with Crippen LogP contribution in [0.1, 0.15) is 37.1 Å². The summed E-state index contributed by atoms with van der Waals surface area (Å²) < 4.78 is 6.32. The fourth-order valence-electron chi connectivity index (χ4n) is 3.04. The van der Waals surface area contributed by atoms with Crippen molar-refractivity contribution >= 4 is 17.4 Å². The molecular weight excluding hydrogens is 356 g/mol. The number of hydrogen-bond donors (Lipinski definition) is 1. The molecule has 0 saturated heterocycles. The van der Waals surface area contributed by atoms with Gasteiger partial charge in [0.2, 0.25) is 11.0 Å². The summed E-state index contributed by atoms with van der Waals surface area (Å²) in [5.74, 6) is 1.50. The summed E-state index contributed by atoms with van der Waals surface area (Å²) in [6.07, 6.45) is 1.94. The topological polar surface area (TPSA) is 59.9 Å². The highest BCUT2D eigenvalue weighted by Gasteiger charge is 2.26. The number of para-hydroxylation sites is 1. The highest BCUT2D eigenvalue weighted by atomic mass is 32.2. The molecule has 0 radical (unpaired) electrons. The Labute approximate surface area is 163 Å².